The molecule has 16 heavy (non-hydrogen) atoms. The molecule has 2 rings (SSSR count). The van der Waals surface area contributed by atoms with E-state index in [1.807, 2.05) is 6.07 Å². The highest BCUT2D eigenvalue weighted by molar-refractivity contribution is 9.08. The summed E-state index contributed by atoms with van der Waals surface area (Å²) in [5.74, 6) is 1.38. The normalized spacial score (nSPS) is 11.0. The van der Waals surface area contributed by atoms with Gasteiger partial charge in [0, 0.05) is 11.6 Å². The molecular formula is C13H14BrNO. The van der Waals surface area contributed by atoms with Crippen molar-refractivity contribution in [1.82, 2.24) is 5.16 Å². The number of halogens is 1. The molecule has 0 bridgehead atoms. The molecular weight excluding hydrogens is 266 g/mol. The smallest absolute Gasteiger partial charge is 0.147 e. The first-order valence-electron chi connectivity index (χ1n) is 5.32. The van der Waals surface area contributed by atoms with Crippen LogP contribution in [0.3, 0.4) is 0 Å². The van der Waals surface area contributed by atoms with E-state index in [-0.39, 0.29) is 0 Å². The first-order chi connectivity index (χ1) is 7.70. The third-order valence-electron chi connectivity index (χ3n) is 2.54. The standard InChI is InChI=1S/C13H14BrNO/c1-9(2)10-4-3-5-11(6-10)13-7-12(8-14)16-15-13/h3-7,9H,8H2,1-2H3. The van der Waals surface area contributed by atoms with E-state index < -0.39 is 0 Å². The molecule has 0 N–H and O–H groups in total. The number of hydrogen-bond acceptors (Lipinski definition) is 2. The van der Waals surface area contributed by atoms with Gasteiger partial charge in [-0.1, -0.05) is 53.1 Å². The van der Waals surface area contributed by atoms with Gasteiger partial charge in [-0.15, -0.1) is 0 Å². The van der Waals surface area contributed by atoms with Crippen molar-refractivity contribution in [2.45, 2.75) is 25.1 Å². The van der Waals surface area contributed by atoms with E-state index >= 15 is 0 Å². The summed E-state index contributed by atoms with van der Waals surface area (Å²) < 4.78 is 5.17. The van der Waals surface area contributed by atoms with Crippen molar-refractivity contribution in [2.75, 3.05) is 0 Å². The monoisotopic (exact) mass is 279 g/mol. The van der Waals surface area contributed by atoms with Crippen molar-refractivity contribution in [3.05, 3.63) is 41.7 Å². The summed E-state index contributed by atoms with van der Waals surface area (Å²) in [6.07, 6.45) is 0. The van der Waals surface area contributed by atoms with E-state index in [1.54, 1.807) is 0 Å². The van der Waals surface area contributed by atoms with Gasteiger partial charge in [-0.2, -0.15) is 0 Å². The second-order valence-electron chi connectivity index (χ2n) is 4.09. The lowest BCUT2D eigenvalue weighted by Gasteiger charge is -2.05. The Bertz CT molecular complexity index is 476. The van der Waals surface area contributed by atoms with Gasteiger partial charge >= 0.3 is 0 Å². The first kappa shape index (κ1) is 11.4. The van der Waals surface area contributed by atoms with Crippen LogP contribution in [0.25, 0.3) is 11.3 Å². The van der Waals surface area contributed by atoms with Crippen molar-refractivity contribution >= 4 is 15.9 Å². The van der Waals surface area contributed by atoms with Gasteiger partial charge in [0.05, 0.1) is 5.33 Å². The lowest BCUT2D eigenvalue weighted by atomic mass is 10.00. The molecule has 0 aliphatic heterocycles. The van der Waals surface area contributed by atoms with Crippen LogP contribution >= 0.6 is 15.9 Å². The maximum absolute atomic E-state index is 5.17. The minimum Gasteiger partial charge on any atom is -0.360 e. The van der Waals surface area contributed by atoms with Crippen LogP contribution in [0, 0.1) is 0 Å². The fourth-order valence-electron chi connectivity index (χ4n) is 1.57. The van der Waals surface area contributed by atoms with E-state index in [9.17, 15) is 0 Å². The van der Waals surface area contributed by atoms with Crippen LogP contribution in [0.1, 0.15) is 31.1 Å². The molecule has 0 atom stereocenters. The van der Waals surface area contributed by atoms with Crippen LogP contribution in [-0.2, 0) is 5.33 Å². The number of benzene rings is 1. The predicted molar refractivity (Wildman–Crippen MR) is 68.7 cm³/mol. The number of hydrogen-bond donors (Lipinski definition) is 0. The van der Waals surface area contributed by atoms with Crippen LogP contribution in [-0.4, -0.2) is 5.16 Å². The number of rotatable bonds is 3. The molecule has 0 unspecified atom stereocenters. The molecule has 0 aliphatic rings. The van der Waals surface area contributed by atoms with Gasteiger partial charge in [0.15, 0.2) is 0 Å². The zero-order valence-electron chi connectivity index (χ0n) is 9.40. The van der Waals surface area contributed by atoms with Crippen LogP contribution < -0.4 is 0 Å². The molecule has 1 aromatic heterocycles. The Morgan fingerprint density at radius 1 is 1.31 bits per heavy atom. The average Bonchev–Trinajstić information content (AvgIpc) is 2.77. The lowest BCUT2D eigenvalue weighted by molar-refractivity contribution is 0.398. The molecule has 1 heterocycles. The zero-order valence-corrected chi connectivity index (χ0v) is 11.0. The highest BCUT2D eigenvalue weighted by Gasteiger charge is 2.07. The van der Waals surface area contributed by atoms with E-state index in [0.29, 0.717) is 11.2 Å². The van der Waals surface area contributed by atoms with Gasteiger partial charge in [0.2, 0.25) is 0 Å². The molecule has 0 saturated carbocycles. The van der Waals surface area contributed by atoms with Crippen molar-refractivity contribution in [2.24, 2.45) is 0 Å². The van der Waals surface area contributed by atoms with E-state index in [0.717, 1.165) is 17.0 Å². The number of aromatic nitrogens is 1. The maximum Gasteiger partial charge on any atom is 0.147 e. The van der Waals surface area contributed by atoms with Crippen LogP contribution in [0.2, 0.25) is 0 Å². The molecule has 1 aromatic carbocycles. The Morgan fingerprint density at radius 2 is 2.12 bits per heavy atom. The molecule has 0 fully saturated rings. The topological polar surface area (TPSA) is 26.0 Å². The third-order valence-corrected chi connectivity index (χ3v) is 3.09. The van der Waals surface area contributed by atoms with E-state index in [4.69, 9.17) is 4.52 Å². The molecule has 0 aliphatic carbocycles. The second kappa shape index (κ2) is 4.83. The largest absolute Gasteiger partial charge is 0.360 e. The molecule has 0 amide bonds. The van der Waals surface area contributed by atoms with E-state index in [2.05, 4.69) is 59.2 Å². The Kier molecular flexibility index (Phi) is 3.44. The van der Waals surface area contributed by atoms with Gasteiger partial charge < -0.3 is 4.52 Å². The summed E-state index contributed by atoms with van der Waals surface area (Å²) in [7, 11) is 0. The molecule has 0 spiro atoms. The summed E-state index contributed by atoms with van der Waals surface area (Å²) in [6, 6.07) is 10.4. The SMILES string of the molecule is CC(C)c1cccc(-c2cc(CBr)on2)c1. The van der Waals surface area contributed by atoms with Crippen LogP contribution in [0.15, 0.2) is 34.9 Å². The van der Waals surface area contributed by atoms with E-state index in [1.165, 1.54) is 5.56 Å². The fourth-order valence-corrected chi connectivity index (χ4v) is 1.83. The summed E-state index contributed by atoms with van der Waals surface area (Å²) in [4.78, 5) is 0. The van der Waals surface area contributed by atoms with Gasteiger partial charge in [-0.3, -0.25) is 0 Å². The minimum absolute atomic E-state index is 0.530. The summed E-state index contributed by atoms with van der Waals surface area (Å²) in [5.41, 5.74) is 3.33. The average molecular weight is 280 g/mol. The predicted octanol–water partition coefficient (Wildman–Crippen LogP) is 4.36. The molecule has 2 nitrogen and oxygen atoms in total. The Morgan fingerprint density at radius 3 is 2.75 bits per heavy atom. The minimum atomic E-state index is 0.530. The second-order valence-corrected chi connectivity index (χ2v) is 4.65. The molecule has 0 radical (unpaired) electrons. The van der Waals surface area contributed by atoms with Gasteiger partial charge in [-0.25, -0.2) is 0 Å². The summed E-state index contributed by atoms with van der Waals surface area (Å²) in [5, 5.41) is 4.75. The van der Waals surface area contributed by atoms with Crippen molar-refractivity contribution < 1.29 is 4.52 Å². The highest BCUT2D eigenvalue weighted by atomic mass is 79.9. The van der Waals surface area contributed by atoms with Gasteiger partial charge in [0.1, 0.15) is 11.5 Å². The first-order valence-corrected chi connectivity index (χ1v) is 6.44. The molecule has 2 aromatic rings. The number of nitrogens with zero attached hydrogens (tertiary/aromatic N) is 1. The lowest BCUT2D eigenvalue weighted by Crippen LogP contribution is -1.87. The van der Waals surface area contributed by atoms with Gasteiger partial charge in [-0.05, 0) is 17.5 Å². The highest BCUT2D eigenvalue weighted by Crippen LogP contribution is 2.24. The number of alkyl halides is 1. The van der Waals surface area contributed by atoms with Crippen molar-refractivity contribution in [3.8, 4) is 11.3 Å². The Hall–Kier alpha value is -1.09. The maximum atomic E-state index is 5.17. The van der Waals surface area contributed by atoms with Gasteiger partial charge in [0.25, 0.3) is 0 Å². The Labute approximate surface area is 104 Å². The fraction of sp³-hybridized carbons (Fsp3) is 0.308. The summed E-state index contributed by atoms with van der Waals surface area (Å²) in [6.45, 7) is 4.37. The third kappa shape index (κ3) is 2.35. The van der Waals surface area contributed by atoms with Crippen LogP contribution in [0.5, 0.6) is 0 Å². The molecule has 3 heteroatoms. The van der Waals surface area contributed by atoms with Crippen LogP contribution in [0.4, 0.5) is 0 Å². The Balaban J connectivity index is 2.36. The molecule has 0 saturated heterocycles. The zero-order chi connectivity index (χ0) is 11.5. The summed E-state index contributed by atoms with van der Waals surface area (Å²) >= 11 is 3.35. The molecule has 84 valence electrons. The van der Waals surface area contributed by atoms with Crippen molar-refractivity contribution in [1.29, 1.82) is 0 Å². The van der Waals surface area contributed by atoms with Crippen molar-refractivity contribution in [3.63, 3.8) is 0 Å². The quantitative estimate of drug-likeness (QED) is 0.781.